The third-order valence-electron chi connectivity index (χ3n) is 7.86. The van der Waals surface area contributed by atoms with Crippen molar-refractivity contribution in [2.24, 2.45) is 17.8 Å². The second-order valence-electron chi connectivity index (χ2n) is 12.4. The topological polar surface area (TPSA) is 157 Å². The van der Waals surface area contributed by atoms with Crippen LogP contribution in [-0.4, -0.2) is 53.6 Å². The van der Waals surface area contributed by atoms with Crippen molar-refractivity contribution >= 4 is 31.3 Å². The number of ether oxygens (including phenoxy) is 3. The number of benzene rings is 3. The highest BCUT2D eigenvalue weighted by molar-refractivity contribution is 7.58. The van der Waals surface area contributed by atoms with E-state index in [-0.39, 0.29) is 19.6 Å². The SMILES string of the molecule is CC(OC(=O)NC(C)P(=O)(O)C[C@@H](Cc1ccc(-c2ccccc2)cc1)C(=O)NCC[C@@H](C)C(=O)OCc1ccccc1)OC(=O)C(C)C. The van der Waals surface area contributed by atoms with Gasteiger partial charge in [-0.05, 0) is 42.0 Å². The van der Waals surface area contributed by atoms with Crippen molar-refractivity contribution in [3.8, 4) is 11.1 Å². The van der Waals surface area contributed by atoms with Gasteiger partial charge < -0.3 is 29.7 Å². The Balaban J connectivity index is 1.65. The van der Waals surface area contributed by atoms with Gasteiger partial charge in [-0.1, -0.05) is 106 Å². The van der Waals surface area contributed by atoms with Crippen molar-refractivity contribution in [2.75, 3.05) is 12.7 Å². The highest BCUT2D eigenvalue weighted by Gasteiger charge is 2.35. The minimum Gasteiger partial charge on any atom is -0.461 e. The number of amides is 2. The van der Waals surface area contributed by atoms with E-state index < -0.39 is 67.3 Å². The molecule has 0 aliphatic carbocycles. The van der Waals surface area contributed by atoms with Gasteiger partial charge in [0.15, 0.2) is 0 Å². The van der Waals surface area contributed by atoms with E-state index in [2.05, 4.69) is 10.6 Å². The number of rotatable bonds is 17. The molecule has 0 saturated heterocycles. The standard InChI is InChI=1S/C37H47N2O9P/c1-25(2)35(41)47-28(5)48-37(43)39-27(4)49(44,45)24-33(22-29-16-18-32(19-17-29)31-14-10-7-11-15-31)34(40)38-21-20-26(3)36(42)46-23-30-12-8-6-9-13-30/h6-19,25-28,33H,20-24H2,1-5H3,(H,38,40)(H,39,43)(H,44,45)/t26-,27?,28?,33-/m1/s1. The Morgan fingerprint density at radius 3 is 1.96 bits per heavy atom. The lowest BCUT2D eigenvalue weighted by Crippen LogP contribution is -2.39. The molecule has 3 rings (SSSR count). The lowest BCUT2D eigenvalue weighted by atomic mass is 9.97. The van der Waals surface area contributed by atoms with Crippen LogP contribution in [0.25, 0.3) is 11.1 Å². The Hall–Kier alpha value is -4.47. The molecule has 5 atom stereocenters. The average molecular weight is 695 g/mol. The van der Waals surface area contributed by atoms with E-state index in [1.165, 1.54) is 13.8 Å². The van der Waals surface area contributed by atoms with Gasteiger partial charge >= 0.3 is 18.0 Å². The summed E-state index contributed by atoms with van der Waals surface area (Å²) in [6.45, 7) is 7.97. The van der Waals surface area contributed by atoms with Crippen molar-refractivity contribution in [3.05, 3.63) is 96.1 Å². The van der Waals surface area contributed by atoms with Gasteiger partial charge in [0.2, 0.25) is 19.6 Å². The molecular weight excluding hydrogens is 647 g/mol. The zero-order valence-electron chi connectivity index (χ0n) is 28.7. The molecule has 0 radical (unpaired) electrons. The van der Waals surface area contributed by atoms with Crippen LogP contribution in [0.3, 0.4) is 0 Å². The van der Waals surface area contributed by atoms with Gasteiger partial charge in [0.25, 0.3) is 0 Å². The smallest absolute Gasteiger partial charge is 0.410 e. The van der Waals surface area contributed by atoms with Gasteiger partial charge in [0.05, 0.1) is 17.8 Å². The number of hydrogen-bond donors (Lipinski definition) is 3. The molecule has 2 amide bonds. The van der Waals surface area contributed by atoms with E-state index in [9.17, 15) is 28.6 Å². The summed E-state index contributed by atoms with van der Waals surface area (Å²) >= 11 is 0. The highest BCUT2D eigenvalue weighted by Crippen LogP contribution is 2.47. The predicted molar refractivity (Wildman–Crippen MR) is 186 cm³/mol. The number of hydrogen-bond acceptors (Lipinski definition) is 8. The molecule has 3 unspecified atom stereocenters. The summed E-state index contributed by atoms with van der Waals surface area (Å²) in [7, 11) is -4.19. The molecule has 0 heterocycles. The van der Waals surface area contributed by atoms with Crippen LogP contribution < -0.4 is 10.6 Å². The maximum atomic E-state index is 13.6. The van der Waals surface area contributed by atoms with Crippen LogP contribution in [0.1, 0.15) is 52.2 Å². The Morgan fingerprint density at radius 1 is 0.755 bits per heavy atom. The molecule has 0 saturated carbocycles. The van der Waals surface area contributed by atoms with E-state index in [0.717, 1.165) is 22.3 Å². The third-order valence-corrected chi connectivity index (χ3v) is 10.2. The van der Waals surface area contributed by atoms with Crippen molar-refractivity contribution in [2.45, 2.75) is 66.1 Å². The summed E-state index contributed by atoms with van der Waals surface area (Å²) < 4.78 is 29.0. The van der Waals surface area contributed by atoms with Gasteiger partial charge in [0, 0.05) is 19.6 Å². The Labute approximate surface area is 288 Å². The minimum atomic E-state index is -4.19. The van der Waals surface area contributed by atoms with Crippen LogP contribution in [0, 0.1) is 17.8 Å². The van der Waals surface area contributed by atoms with Gasteiger partial charge in [-0.15, -0.1) is 0 Å². The molecule has 0 spiro atoms. The Kier molecular flexibility index (Phi) is 15.0. The van der Waals surface area contributed by atoms with E-state index >= 15 is 0 Å². The molecule has 0 fully saturated rings. The summed E-state index contributed by atoms with van der Waals surface area (Å²) in [5, 5.41) is 5.15. The highest BCUT2D eigenvalue weighted by atomic mass is 31.2. The van der Waals surface area contributed by atoms with E-state index in [1.807, 2.05) is 84.9 Å². The normalized spacial score (nSPS) is 14.8. The van der Waals surface area contributed by atoms with Crippen molar-refractivity contribution in [1.29, 1.82) is 0 Å². The Morgan fingerprint density at radius 2 is 1.35 bits per heavy atom. The first kappa shape index (κ1) is 39.0. The number of carbonyl (C=O) groups is 4. The molecule has 0 aliphatic heterocycles. The molecule has 0 aliphatic rings. The quantitative estimate of drug-likeness (QED) is 0.0840. The van der Waals surface area contributed by atoms with Gasteiger partial charge in [0.1, 0.15) is 12.4 Å². The van der Waals surface area contributed by atoms with Crippen LogP contribution in [0.15, 0.2) is 84.9 Å². The molecule has 11 nitrogen and oxygen atoms in total. The van der Waals surface area contributed by atoms with Crippen LogP contribution in [0.2, 0.25) is 0 Å². The fraction of sp³-hybridized carbons (Fsp3) is 0.405. The van der Waals surface area contributed by atoms with Gasteiger partial charge in [-0.2, -0.15) is 0 Å². The van der Waals surface area contributed by atoms with Crippen LogP contribution in [0.5, 0.6) is 0 Å². The summed E-state index contributed by atoms with van der Waals surface area (Å²) in [5.74, 6) is -4.56. The van der Waals surface area contributed by atoms with Gasteiger partial charge in [-0.25, -0.2) is 4.79 Å². The number of carbonyl (C=O) groups excluding carboxylic acids is 4. The molecule has 264 valence electrons. The maximum Gasteiger partial charge on any atom is 0.410 e. The number of esters is 2. The summed E-state index contributed by atoms with van der Waals surface area (Å²) in [5.41, 5.74) is 3.65. The van der Waals surface area contributed by atoms with Crippen molar-refractivity contribution < 1.29 is 42.8 Å². The molecule has 0 aromatic heterocycles. The lowest BCUT2D eigenvalue weighted by Gasteiger charge is -2.25. The van der Waals surface area contributed by atoms with Crippen LogP contribution in [0.4, 0.5) is 4.79 Å². The molecule has 3 aromatic rings. The van der Waals surface area contributed by atoms with E-state index in [1.54, 1.807) is 20.8 Å². The lowest BCUT2D eigenvalue weighted by molar-refractivity contribution is -0.168. The maximum absolute atomic E-state index is 13.6. The van der Waals surface area contributed by atoms with E-state index in [4.69, 9.17) is 14.2 Å². The number of alkyl carbamates (subject to hydrolysis) is 1. The average Bonchev–Trinajstić information content (AvgIpc) is 3.07. The fourth-order valence-electron chi connectivity index (χ4n) is 4.79. The largest absolute Gasteiger partial charge is 0.461 e. The number of nitrogens with one attached hydrogen (secondary N) is 2. The zero-order chi connectivity index (χ0) is 36.0. The second kappa shape index (κ2) is 18.9. The van der Waals surface area contributed by atoms with E-state index in [0.29, 0.717) is 6.42 Å². The first-order valence-electron chi connectivity index (χ1n) is 16.4. The Bertz CT molecular complexity index is 1570. The van der Waals surface area contributed by atoms with Crippen molar-refractivity contribution in [3.63, 3.8) is 0 Å². The van der Waals surface area contributed by atoms with Crippen LogP contribution >= 0.6 is 7.37 Å². The molecule has 0 bridgehead atoms. The first-order chi connectivity index (χ1) is 23.2. The van der Waals surface area contributed by atoms with Crippen molar-refractivity contribution in [1.82, 2.24) is 10.6 Å². The summed E-state index contributed by atoms with van der Waals surface area (Å²) in [6.07, 6.45) is -2.24. The monoisotopic (exact) mass is 694 g/mol. The molecular formula is C37H47N2O9P. The molecule has 3 aromatic carbocycles. The summed E-state index contributed by atoms with van der Waals surface area (Å²) in [4.78, 5) is 61.3. The molecule has 49 heavy (non-hydrogen) atoms. The fourth-order valence-corrected chi connectivity index (χ4v) is 6.34. The minimum absolute atomic E-state index is 0.146. The third kappa shape index (κ3) is 13.2. The predicted octanol–water partition coefficient (Wildman–Crippen LogP) is 6.29. The van der Waals surface area contributed by atoms with Crippen LogP contribution in [-0.2, 0) is 46.2 Å². The molecule has 12 heteroatoms. The molecule has 3 N–H and O–H groups in total. The second-order valence-corrected chi connectivity index (χ2v) is 15.0. The van der Waals surface area contributed by atoms with Gasteiger partial charge in [-0.3, -0.25) is 18.9 Å². The summed E-state index contributed by atoms with van der Waals surface area (Å²) in [6, 6.07) is 26.7. The first-order valence-corrected chi connectivity index (χ1v) is 18.3. The zero-order valence-corrected chi connectivity index (χ0v) is 29.6.